The van der Waals surface area contributed by atoms with E-state index in [-0.39, 0.29) is 0 Å². The van der Waals surface area contributed by atoms with Gasteiger partial charge in [0, 0.05) is 0 Å². The molecule has 0 spiro atoms. The van der Waals surface area contributed by atoms with Crippen molar-refractivity contribution in [1.82, 2.24) is 4.98 Å². The van der Waals surface area contributed by atoms with Crippen molar-refractivity contribution >= 4 is 27.5 Å². The second-order valence-corrected chi connectivity index (χ2v) is 2.99. The van der Waals surface area contributed by atoms with E-state index >= 15 is 0 Å². The van der Waals surface area contributed by atoms with Crippen LogP contribution in [0.15, 0.2) is 16.7 Å². The zero-order chi connectivity index (χ0) is 8.85. The maximum Gasteiger partial charge on any atom is 0.130 e. The summed E-state index contributed by atoms with van der Waals surface area (Å²) in [6, 6.07) is 3.72. The van der Waals surface area contributed by atoms with Crippen molar-refractivity contribution in [1.29, 1.82) is 0 Å². The van der Waals surface area contributed by atoms with Gasteiger partial charge in [0.2, 0.25) is 0 Å². The molecule has 0 N–H and O–H groups in total. The van der Waals surface area contributed by atoms with Crippen LogP contribution in [0.4, 0.5) is 0 Å². The highest BCUT2D eigenvalue weighted by molar-refractivity contribution is 9.10. The predicted octanol–water partition coefficient (Wildman–Crippen LogP) is 3.83. The van der Waals surface area contributed by atoms with E-state index in [2.05, 4.69) is 20.9 Å². The van der Waals surface area contributed by atoms with Crippen LogP contribution in [0.3, 0.4) is 0 Å². The SMILES string of the molecule is CC.Cc1cc(Cl)nc(Br)c1. The molecule has 0 aliphatic heterocycles. The first-order valence-corrected chi connectivity index (χ1v) is 4.65. The van der Waals surface area contributed by atoms with E-state index < -0.39 is 0 Å². The number of hydrogen-bond donors (Lipinski definition) is 0. The first kappa shape index (κ1) is 10.9. The van der Waals surface area contributed by atoms with Crippen LogP contribution in [0.1, 0.15) is 19.4 Å². The molecular weight excluding hydrogens is 225 g/mol. The van der Waals surface area contributed by atoms with Crippen LogP contribution >= 0.6 is 27.5 Å². The highest BCUT2D eigenvalue weighted by Crippen LogP contribution is 2.13. The second kappa shape index (κ2) is 5.56. The number of aromatic nitrogens is 1. The maximum absolute atomic E-state index is 5.61. The smallest absolute Gasteiger partial charge is 0.130 e. The number of halogens is 2. The van der Waals surface area contributed by atoms with Crippen molar-refractivity contribution in [2.75, 3.05) is 0 Å². The molecule has 11 heavy (non-hydrogen) atoms. The highest BCUT2D eigenvalue weighted by atomic mass is 79.9. The molecule has 0 amide bonds. The molecule has 0 aliphatic rings. The van der Waals surface area contributed by atoms with E-state index in [4.69, 9.17) is 11.6 Å². The number of pyridine rings is 1. The molecule has 0 radical (unpaired) electrons. The number of hydrogen-bond acceptors (Lipinski definition) is 1. The average Bonchev–Trinajstić information content (AvgIpc) is 1.88. The van der Waals surface area contributed by atoms with Gasteiger partial charge >= 0.3 is 0 Å². The van der Waals surface area contributed by atoms with Gasteiger partial charge in [-0.25, -0.2) is 4.98 Å². The zero-order valence-corrected chi connectivity index (χ0v) is 9.20. The highest BCUT2D eigenvalue weighted by Gasteiger charge is 1.92. The molecule has 3 heteroatoms. The molecule has 1 aromatic rings. The molecular formula is C8H11BrClN. The minimum atomic E-state index is 0.530. The van der Waals surface area contributed by atoms with Crippen LogP contribution in [-0.2, 0) is 0 Å². The van der Waals surface area contributed by atoms with Gasteiger partial charge in [0.25, 0.3) is 0 Å². The Morgan fingerprint density at radius 1 is 1.36 bits per heavy atom. The van der Waals surface area contributed by atoms with Gasteiger partial charge in [0.15, 0.2) is 0 Å². The van der Waals surface area contributed by atoms with Crippen molar-refractivity contribution in [3.63, 3.8) is 0 Å². The third-order valence-corrected chi connectivity index (χ3v) is 1.51. The molecule has 0 bridgehead atoms. The molecule has 0 atom stereocenters. The van der Waals surface area contributed by atoms with Crippen molar-refractivity contribution in [2.45, 2.75) is 20.8 Å². The van der Waals surface area contributed by atoms with E-state index in [1.54, 1.807) is 0 Å². The monoisotopic (exact) mass is 235 g/mol. The Labute approximate surface area is 80.9 Å². The van der Waals surface area contributed by atoms with Crippen molar-refractivity contribution in [3.05, 3.63) is 27.5 Å². The van der Waals surface area contributed by atoms with E-state index in [0.717, 1.165) is 10.2 Å². The third kappa shape index (κ3) is 4.38. The topological polar surface area (TPSA) is 12.9 Å². The van der Waals surface area contributed by atoms with Gasteiger partial charge in [-0.1, -0.05) is 25.4 Å². The molecule has 1 rings (SSSR count). The fourth-order valence-electron chi connectivity index (χ4n) is 0.584. The van der Waals surface area contributed by atoms with Gasteiger partial charge in [-0.3, -0.25) is 0 Å². The van der Waals surface area contributed by atoms with Crippen LogP contribution in [0.2, 0.25) is 5.15 Å². The molecule has 1 heterocycles. The quantitative estimate of drug-likeness (QED) is 0.624. The minimum absolute atomic E-state index is 0.530. The molecule has 0 aromatic carbocycles. The van der Waals surface area contributed by atoms with E-state index in [9.17, 15) is 0 Å². The van der Waals surface area contributed by atoms with Gasteiger partial charge in [-0.05, 0) is 40.5 Å². The van der Waals surface area contributed by atoms with E-state index in [0.29, 0.717) is 5.15 Å². The van der Waals surface area contributed by atoms with Crippen LogP contribution < -0.4 is 0 Å². The fourth-order valence-corrected chi connectivity index (χ4v) is 1.50. The first-order valence-electron chi connectivity index (χ1n) is 3.48. The van der Waals surface area contributed by atoms with Crippen LogP contribution in [0.5, 0.6) is 0 Å². The van der Waals surface area contributed by atoms with Gasteiger partial charge in [0.05, 0.1) is 0 Å². The summed E-state index contributed by atoms with van der Waals surface area (Å²) < 4.78 is 0.785. The average molecular weight is 237 g/mol. The predicted molar refractivity (Wildman–Crippen MR) is 53.0 cm³/mol. The van der Waals surface area contributed by atoms with Crippen molar-refractivity contribution in [3.8, 4) is 0 Å². The molecule has 0 saturated carbocycles. The Kier molecular flexibility index (Phi) is 5.51. The summed E-state index contributed by atoms with van der Waals surface area (Å²) >= 11 is 8.83. The standard InChI is InChI=1S/C6H5BrClN.C2H6/c1-4-2-5(7)9-6(8)3-4;1-2/h2-3H,1H3;1-2H3. The van der Waals surface area contributed by atoms with Crippen LogP contribution in [-0.4, -0.2) is 4.98 Å². The lowest BCUT2D eigenvalue weighted by Crippen LogP contribution is -1.78. The summed E-state index contributed by atoms with van der Waals surface area (Å²) in [6.45, 7) is 5.97. The molecule has 0 saturated heterocycles. The Morgan fingerprint density at radius 3 is 2.27 bits per heavy atom. The lowest BCUT2D eigenvalue weighted by molar-refractivity contribution is 1.24. The van der Waals surface area contributed by atoms with Gasteiger partial charge < -0.3 is 0 Å². The molecule has 1 nitrogen and oxygen atoms in total. The Bertz CT molecular complexity index is 175. The number of rotatable bonds is 0. The molecule has 0 fully saturated rings. The molecule has 0 aliphatic carbocycles. The fraction of sp³-hybridized carbons (Fsp3) is 0.375. The number of aryl methyl sites for hydroxylation is 1. The summed E-state index contributed by atoms with van der Waals surface area (Å²) in [5, 5.41) is 0.530. The summed E-state index contributed by atoms with van der Waals surface area (Å²) in [6.07, 6.45) is 0. The Balaban J connectivity index is 0.000000461. The van der Waals surface area contributed by atoms with Gasteiger partial charge in [0.1, 0.15) is 9.76 Å². The minimum Gasteiger partial charge on any atom is -0.229 e. The number of nitrogens with zero attached hydrogens (tertiary/aromatic N) is 1. The van der Waals surface area contributed by atoms with Crippen molar-refractivity contribution < 1.29 is 0 Å². The van der Waals surface area contributed by atoms with Crippen LogP contribution in [0, 0.1) is 6.92 Å². The zero-order valence-electron chi connectivity index (χ0n) is 6.86. The molecule has 0 unspecified atom stereocenters. The summed E-state index contributed by atoms with van der Waals surface area (Å²) in [5.74, 6) is 0. The second-order valence-electron chi connectivity index (χ2n) is 1.79. The summed E-state index contributed by atoms with van der Waals surface area (Å²) in [5.41, 5.74) is 1.11. The Hall–Kier alpha value is -0.0800. The first-order chi connectivity index (χ1) is 5.18. The normalized spacial score (nSPS) is 8.45. The lowest BCUT2D eigenvalue weighted by Gasteiger charge is -1.92. The molecule has 1 aromatic heterocycles. The van der Waals surface area contributed by atoms with Gasteiger partial charge in [-0.2, -0.15) is 0 Å². The van der Waals surface area contributed by atoms with E-state index in [1.165, 1.54) is 0 Å². The largest absolute Gasteiger partial charge is 0.229 e. The van der Waals surface area contributed by atoms with E-state index in [1.807, 2.05) is 32.9 Å². The maximum atomic E-state index is 5.61. The van der Waals surface area contributed by atoms with Crippen LogP contribution in [0.25, 0.3) is 0 Å². The summed E-state index contributed by atoms with van der Waals surface area (Å²) in [4.78, 5) is 3.92. The van der Waals surface area contributed by atoms with Gasteiger partial charge in [-0.15, -0.1) is 0 Å². The Morgan fingerprint density at radius 2 is 1.91 bits per heavy atom. The lowest BCUT2D eigenvalue weighted by atomic mass is 10.3. The molecule has 62 valence electrons. The summed E-state index contributed by atoms with van der Waals surface area (Å²) in [7, 11) is 0. The third-order valence-electron chi connectivity index (χ3n) is 0.907. The van der Waals surface area contributed by atoms with Crippen molar-refractivity contribution in [2.24, 2.45) is 0 Å².